The molecule has 1 rings (SSSR count). The van der Waals surface area contributed by atoms with Crippen molar-refractivity contribution in [3.63, 3.8) is 0 Å². The summed E-state index contributed by atoms with van der Waals surface area (Å²) in [5.41, 5.74) is 0. The predicted molar refractivity (Wildman–Crippen MR) is 67.7 cm³/mol. The molecule has 5 nitrogen and oxygen atoms in total. The zero-order chi connectivity index (χ0) is 17.1. The van der Waals surface area contributed by atoms with E-state index in [4.69, 9.17) is 0 Å². The van der Waals surface area contributed by atoms with Crippen molar-refractivity contribution in [1.82, 2.24) is 0 Å². The van der Waals surface area contributed by atoms with E-state index < -0.39 is 40.6 Å². The fraction of sp³-hybridized carbons (Fsp3) is 0.357. The maximum Gasteiger partial charge on any atom is 0.372 e. The molecule has 22 heavy (non-hydrogen) atoms. The summed E-state index contributed by atoms with van der Waals surface area (Å²) in [6.45, 7) is 2.73. The van der Waals surface area contributed by atoms with Crippen molar-refractivity contribution < 1.29 is 36.7 Å². The van der Waals surface area contributed by atoms with Crippen LogP contribution in [0.15, 0.2) is 34.6 Å². The summed E-state index contributed by atoms with van der Waals surface area (Å²) >= 11 is 0. The standard InChI is InChI=1S/C14H13F3O5/c1-8(18)7-9(2)22-14(17,10(3)19)12(20)13(15,16)11-5-4-6-21-11/h4-7H,1-3H3/b9-7+. The molecule has 8 heteroatoms. The summed E-state index contributed by atoms with van der Waals surface area (Å²) < 4.78 is 51.2. The van der Waals surface area contributed by atoms with Crippen LogP contribution in [-0.2, 0) is 25.0 Å². The van der Waals surface area contributed by atoms with Crippen LogP contribution in [-0.4, -0.2) is 23.2 Å². The Bertz CT molecular complexity index is 618. The van der Waals surface area contributed by atoms with E-state index in [0.29, 0.717) is 6.92 Å². The summed E-state index contributed by atoms with van der Waals surface area (Å²) in [7, 11) is 0. The number of carbonyl (C=O) groups is 3. The number of carbonyl (C=O) groups excluding carboxylic acids is 3. The number of ketones is 3. The average Bonchev–Trinajstić information content (AvgIpc) is 2.90. The lowest BCUT2D eigenvalue weighted by Crippen LogP contribution is -2.50. The quantitative estimate of drug-likeness (QED) is 0.439. The lowest BCUT2D eigenvalue weighted by Gasteiger charge is -2.25. The Hall–Kier alpha value is -2.38. The number of ether oxygens (including phenoxy) is 1. The number of hydrogen-bond donors (Lipinski definition) is 0. The van der Waals surface area contributed by atoms with Crippen LogP contribution in [0.4, 0.5) is 13.2 Å². The van der Waals surface area contributed by atoms with Gasteiger partial charge in [-0.3, -0.25) is 14.4 Å². The summed E-state index contributed by atoms with van der Waals surface area (Å²) in [6, 6.07) is 1.84. The van der Waals surface area contributed by atoms with Crippen LogP contribution in [0.2, 0.25) is 0 Å². The second-order valence-corrected chi connectivity index (χ2v) is 4.50. The van der Waals surface area contributed by atoms with Gasteiger partial charge >= 0.3 is 11.8 Å². The molecule has 0 fully saturated rings. The van der Waals surface area contributed by atoms with E-state index >= 15 is 0 Å². The van der Waals surface area contributed by atoms with Crippen LogP contribution in [0.1, 0.15) is 26.5 Å². The highest BCUT2D eigenvalue weighted by atomic mass is 19.3. The molecule has 0 aromatic carbocycles. The maximum absolute atomic E-state index is 14.5. The van der Waals surface area contributed by atoms with Gasteiger partial charge in [0.15, 0.2) is 11.5 Å². The molecule has 1 aromatic rings. The molecule has 0 saturated carbocycles. The molecule has 0 amide bonds. The first kappa shape index (κ1) is 17.7. The second kappa shape index (κ2) is 6.17. The first-order chi connectivity index (χ1) is 10.0. The van der Waals surface area contributed by atoms with Gasteiger partial charge in [0, 0.05) is 13.0 Å². The van der Waals surface area contributed by atoms with Gasteiger partial charge < -0.3 is 9.15 Å². The second-order valence-electron chi connectivity index (χ2n) is 4.50. The van der Waals surface area contributed by atoms with Crippen molar-refractivity contribution in [3.8, 4) is 0 Å². The predicted octanol–water partition coefficient (Wildman–Crippen LogP) is 2.70. The van der Waals surface area contributed by atoms with Crippen molar-refractivity contribution in [1.29, 1.82) is 0 Å². The topological polar surface area (TPSA) is 73.6 Å². The summed E-state index contributed by atoms with van der Waals surface area (Å²) in [5, 5.41) is 0. The number of rotatable bonds is 7. The number of hydrogen-bond acceptors (Lipinski definition) is 5. The van der Waals surface area contributed by atoms with Crippen molar-refractivity contribution in [2.24, 2.45) is 0 Å². The largest absolute Gasteiger partial charge is 0.462 e. The lowest BCUT2D eigenvalue weighted by atomic mass is 10.0. The minimum absolute atomic E-state index is 0.492. The molecule has 1 aromatic heterocycles. The Morgan fingerprint density at radius 1 is 1.18 bits per heavy atom. The van der Waals surface area contributed by atoms with Crippen LogP contribution >= 0.6 is 0 Å². The van der Waals surface area contributed by atoms with Gasteiger partial charge in [-0.25, -0.2) is 0 Å². The molecule has 0 N–H and O–H groups in total. The van der Waals surface area contributed by atoms with Gasteiger partial charge in [-0.05, 0) is 26.0 Å². The summed E-state index contributed by atoms with van der Waals surface area (Å²) in [4.78, 5) is 34.0. The van der Waals surface area contributed by atoms with E-state index in [0.717, 1.165) is 38.3 Å². The van der Waals surface area contributed by atoms with Gasteiger partial charge in [-0.2, -0.15) is 13.2 Å². The normalized spacial score (nSPS) is 15.1. The average molecular weight is 318 g/mol. The van der Waals surface area contributed by atoms with Gasteiger partial charge in [-0.1, -0.05) is 0 Å². The highest BCUT2D eigenvalue weighted by Gasteiger charge is 2.60. The fourth-order valence-electron chi connectivity index (χ4n) is 1.59. The Balaban J connectivity index is 3.22. The molecule has 0 aliphatic heterocycles. The molecule has 0 aliphatic rings. The molecule has 0 bridgehead atoms. The van der Waals surface area contributed by atoms with Gasteiger partial charge in [0.25, 0.3) is 5.78 Å². The van der Waals surface area contributed by atoms with E-state index in [-0.39, 0.29) is 0 Å². The highest BCUT2D eigenvalue weighted by molar-refractivity contribution is 6.10. The number of allylic oxidation sites excluding steroid dienone is 2. The molecule has 1 unspecified atom stereocenters. The highest BCUT2D eigenvalue weighted by Crippen LogP contribution is 2.36. The first-order valence-corrected chi connectivity index (χ1v) is 6.06. The number of furan rings is 1. The van der Waals surface area contributed by atoms with E-state index in [1.54, 1.807) is 0 Å². The van der Waals surface area contributed by atoms with Gasteiger partial charge in [-0.15, -0.1) is 0 Å². The van der Waals surface area contributed by atoms with Crippen LogP contribution in [0.3, 0.4) is 0 Å². The molecular formula is C14H13F3O5. The van der Waals surface area contributed by atoms with E-state index in [2.05, 4.69) is 9.15 Å². The fourth-order valence-corrected chi connectivity index (χ4v) is 1.59. The van der Waals surface area contributed by atoms with Crippen molar-refractivity contribution >= 4 is 17.3 Å². The van der Waals surface area contributed by atoms with E-state index in [9.17, 15) is 27.6 Å². The molecule has 1 atom stereocenters. The molecule has 0 spiro atoms. The van der Waals surface area contributed by atoms with Crippen molar-refractivity contribution in [3.05, 3.63) is 36.0 Å². The summed E-state index contributed by atoms with van der Waals surface area (Å²) in [6.07, 6.45) is 1.63. The Kier molecular flexibility index (Phi) is 4.95. The molecule has 1 heterocycles. The maximum atomic E-state index is 14.5. The SMILES string of the molecule is CC(=O)/C=C(\C)OC(F)(C(C)=O)C(=O)C(F)(F)c1ccco1. The zero-order valence-corrected chi connectivity index (χ0v) is 12.0. The Morgan fingerprint density at radius 3 is 2.18 bits per heavy atom. The van der Waals surface area contributed by atoms with Crippen LogP contribution in [0, 0.1) is 0 Å². The molecular weight excluding hydrogens is 305 g/mol. The lowest BCUT2D eigenvalue weighted by molar-refractivity contribution is -0.193. The number of halogens is 3. The number of Topliss-reactive ketones (excluding diaryl/α,β-unsaturated/α-hetero) is 2. The minimum Gasteiger partial charge on any atom is -0.462 e. The van der Waals surface area contributed by atoms with Crippen molar-refractivity contribution in [2.45, 2.75) is 32.5 Å². The van der Waals surface area contributed by atoms with Crippen molar-refractivity contribution in [2.75, 3.05) is 0 Å². The van der Waals surface area contributed by atoms with E-state index in [1.165, 1.54) is 0 Å². The van der Waals surface area contributed by atoms with Crippen LogP contribution in [0.25, 0.3) is 0 Å². The number of alkyl halides is 3. The van der Waals surface area contributed by atoms with Gasteiger partial charge in [0.1, 0.15) is 5.76 Å². The minimum atomic E-state index is -4.42. The zero-order valence-electron chi connectivity index (χ0n) is 12.0. The third kappa shape index (κ3) is 3.44. The van der Waals surface area contributed by atoms with Crippen LogP contribution < -0.4 is 0 Å². The third-order valence-corrected chi connectivity index (χ3v) is 2.57. The molecule has 0 radical (unpaired) electrons. The monoisotopic (exact) mass is 318 g/mol. The van der Waals surface area contributed by atoms with E-state index in [1.807, 2.05) is 0 Å². The molecule has 0 saturated heterocycles. The van der Waals surface area contributed by atoms with Gasteiger partial charge in [0.05, 0.1) is 6.26 Å². The van der Waals surface area contributed by atoms with Gasteiger partial charge in [0.2, 0.25) is 5.78 Å². The third-order valence-electron chi connectivity index (χ3n) is 2.57. The molecule has 0 aliphatic carbocycles. The molecule has 120 valence electrons. The van der Waals surface area contributed by atoms with Crippen LogP contribution in [0.5, 0.6) is 0 Å². The summed E-state index contributed by atoms with van der Waals surface area (Å²) in [5.74, 6) is -14.6. The Morgan fingerprint density at radius 2 is 1.77 bits per heavy atom. The first-order valence-electron chi connectivity index (χ1n) is 6.06. The Labute approximate surface area is 123 Å². The smallest absolute Gasteiger partial charge is 0.372 e.